The number of aryl methyl sites for hydroxylation is 2. The van der Waals surface area contributed by atoms with E-state index in [0.717, 1.165) is 6.42 Å². The third-order valence-corrected chi connectivity index (χ3v) is 1.86. The Morgan fingerprint density at radius 2 is 2.18 bits per heavy atom. The first-order valence-electron chi connectivity index (χ1n) is 4.17. The molecule has 0 aliphatic rings. The molecule has 0 bridgehead atoms. The minimum absolute atomic E-state index is 0.547. The molecule has 62 valence electrons. The van der Waals surface area contributed by atoms with E-state index in [1.165, 1.54) is 11.3 Å². The molecule has 2 heteroatoms. The van der Waals surface area contributed by atoms with Gasteiger partial charge in [-0.3, -0.25) is 4.68 Å². The Bertz CT molecular complexity index is 236. The zero-order valence-corrected chi connectivity index (χ0v) is 7.76. The van der Waals surface area contributed by atoms with Crippen LogP contribution >= 0.6 is 0 Å². The van der Waals surface area contributed by atoms with Gasteiger partial charge in [-0.15, -0.1) is 0 Å². The second-order valence-corrected chi connectivity index (χ2v) is 3.22. The van der Waals surface area contributed by atoms with E-state index in [1.807, 2.05) is 11.7 Å². The topological polar surface area (TPSA) is 17.8 Å². The minimum Gasteiger partial charge on any atom is -0.275 e. The second-order valence-electron chi connectivity index (χ2n) is 3.22. The first kappa shape index (κ1) is 8.31. The van der Waals surface area contributed by atoms with Crippen molar-refractivity contribution in [1.82, 2.24) is 9.78 Å². The summed E-state index contributed by atoms with van der Waals surface area (Å²) in [5.74, 6) is 0.547. The van der Waals surface area contributed by atoms with Crippen LogP contribution in [0, 0.1) is 0 Å². The number of rotatable bonds is 2. The van der Waals surface area contributed by atoms with E-state index in [-0.39, 0.29) is 0 Å². The Morgan fingerprint density at radius 3 is 2.55 bits per heavy atom. The molecule has 0 spiro atoms. The van der Waals surface area contributed by atoms with Gasteiger partial charge in [-0.25, -0.2) is 0 Å². The Hall–Kier alpha value is -0.790. The van der Waals surface area contributed by atoms with Crippen LogP contribution in [0.3, 0.4) is 0 Å². The summed E-state index contributed by atoms with van der Waals surface area (Å²) in [7, 11) is 1.98. The highest BCUT2D eigenvalue weighted by Gasteiger charge is 2.08. The quantitative estimate of drug-likeness (QED) is 0.634. The standard InChI is InChI=1S/C9H16N2/c1-5-8-6-11(4)10-9(8)7(2)3/h6-7H,5H2,1-4H3. The Balaban J connectivity index is 3.02. The molecule has 1 rings (SSSR count). The van der Waals surface area contributed by atoms with Crippen molar-refractivity contribution in [2.45, 2.75) is 33.1 Å². The molecular formula is C9H16N2. The van der Waals surface area contributed by atoms with Crippen LogP contribution in [-0.4, -0.2) is 9.78 Å². The molecule has 2 nitrogen and oxygen atoms in total. The summed E-state index contributed by atoms with van der Waals surface area (Å²) in [5.41, 5.74) is 2.62. The first-order valence-corrected chi connectivity index (χ1v) is 4.17. The third-order valence-electron chi connectivity index (χ3n) is 1.86. The molecule has 0 fully saturated rings. The highest BCUT2D eigenvalue weighted by molar-refractivity contribution is 5.19. The van der Waals surface area contributed by atoms with Crippen molar-refractivity contribution in [3.05, 3.63) is 17.5 Å². The van der Waals surface area contributed by atoms with E-state index in [1.54, 1.807) is 0 Å². The summed E-state index contributed by atoms with van der Waals surface area (Å²) >= 11 is 0. The molecule has 11 heavy (non-hydrogen) atoms. The van der Waals surface area contributed by atoms with Crippen LogP contribution in [0.25, 0.3) is 0 Å². The van der Waals surface area contributed by atoms with E-state index in [4.69, 9.17) is 0 Å². The van der Waals surface area contributed by atoms with Crippen LogP contribution in [0.4, 0.5) is 0 Å². The molecule has 1 aromatic rings. The van der Waals surface area contributed by atoms with Gasteiger partial charge in [-0.1, -0.05) is 20.8 Å². The van der Waals surface area contributed by atoms with Crippen molar-refractivity contribution in [2.24, 2.45) is 7.05 Å². The zero-order valence-electron chi connectivity index (χ0n) is 7.76. The molecule has 0 atom stereocenters. The highest BCUT2D eigenvalue weighted by Crippen LogP contribution is 2.16. The first-order chi connectivity index (χ1) is 5.15. The molecule has 0 N–H and O–H groups in total. The molecule has 0 radical (unpaired) electrons. The zero-order chi connectivity index (χ0) is 8.43. The second kappa shape index (κ2) is 3.07. The summed E-state index contributed by atoms with van der Waals surface area (Å²) in [6, 6.07) is 0. The summed E-state index contributed by atoms with van der Waals surface area (Å²) in [4.78, 5) is 0. The average molecular weight is 152 g/mol. The number of hydrogen-bond donors (Lipinski definition) is 0. The smallest absolute Gasteiger partial charge is 0.0681 e. The summed E-state index contributed by atoms with van der Waals surface area (Å²) in [6.45, 7) is 6.53. The number of nitrogens with zero attached hydrogens (tertiary/aromatic N) is 2. The fourth-order valence-electron chi connectivity index (χ4n) is 1.31. The number of hydrogen-bond acceptors (Lipinski definition) is 1. The lowest BCUT2D eigenvalue weighted by Crippen LogP contribution is -1.94. The molecule has 0 amide bonds. The maximum absolute atomic E-state index is 4.40. The van der Waals surface area contributed by atoms with Gasteiger partial charge in [-0.2, -0.15) is 5.10 Å². The largest absolute Gasteiger partial charge is 0.275 e. The van der Waals surface area contributed by atoms with E-state index >= 15 is 0 Å². The maximum Gasteiger partial charge on any atom is 0.0681 e. The Morgan fingerprint density at radius 1 is 1.55 bits per heavy atom. The lowest BCUT2D eigenvalue weighted by atomic mass is 10.1. The Labute approximate surface area is 68.2 Å². The highest BCUT2D eigenvalue weighted by atomic mass is 15.3. The molecule has 0 aliphatic carbocycles. The summed E-state index contributed by atoms with van der Waals surface area (Å²) in [6.07, 6.45) is 3.19. The van der Waals surface area contributed by atoms with E-state index in [2.05, 4.69) is 32.1 Å². The number of aromatic nitrogens is 2. The normalized spacial score (nSPS) is 11.0. The van der Waals surface area contributed by atoms with Gasteiger partial charge in [0, 0.05) is 13.2 Å². The predicted octanol–water partition coefficient (Wildman–Crippen LogP) is 2.11. The van der Waals surface area contributed by atoms with Crippen LogP contribution < -0.4 is 0 Å². The van der Waals surface area contributed by atoms with Crippen LogP contribution in [0.5, 0.6) is 0 Å². The molecule has 1 aromatic heterocycles. The average Bonchev–Trinajstić information content (AvgIpc) is 2.30. The molecule has 0 unspecified atom stereocenters. The van der Waals surface area contributed by atoms with Crippen molar-refractivity contribution >= 4 is 0 Å². The molecular weight excluding hydrogens is 136 g/mol. The van der Waals surface area contributed by atoms with E-state index in [0.29, 0.717) is 5.92 Å². The van der Waals surface area contributed by atoms with Gasteiger partial charge in [-0.05, 0) is 17.9 Å². The minimum atomic E-state index is 0.547. The van der Waals surface area contributed by atoms with Crippen molar-refractivity contribution in [1.29, 1.82) is 0 Å². The van der Waals surface area contributed by atoms with E-state index in [9.17, 15) is 0 Å². The van der Waals surface area contributed by atoms with Gasteiger partial charge in [0.1, 0.15) is 0 Å². The summed E-state index contributed by atoms with van der Waals surface area (Å²) in [5, 5.41) is 4.40. The predicted molar refractivity (Wildman–Crippen MR) is 46.7 cm³/mol. The molecule has 1 heterocycles. The van der Waals surface area contributed by atoms with Crippen LogP contribution in [0.15, 0.2) is 6.20 Å². The van der Waals surface area contributed by atoms with Crippen LogP contribution in [0.2, 0.25) is 0 Å². The van der Waals surface area contributed by atoms with Crippen LogP contribution in [-0.2, 0) is 13.5 Å². The van der Waals surface area contributed by atoms with Crippen LogP contribution in [0.1, 0.15) is 37.9 Å². The molecule has 0 saturated carbocycles. The lowest BCUT2D eigenvalue weighted by molar-refractivity contribution is 0.712. The summed E-state index contributed by atoms with van der Waals surface area (Å²) < 4.78 is 1.90. The van der Waals surface area contributed by atoms with Crippen molar-refractivity contribution in [3.63, 3.8) is 0 Å². The van der Waals surface area contributed by atoms with Gasteiger partial charge in [0.25, 0.3) is 0 Å². The molecule has 0 aromatic carbocycles. The lowest BCUT2D eigenvalue weighted by Gasteiger charge is -2.01. The fraction of sp³-hybridized carbons (Fsp3) is 0.667. The SMILES string of the molecule is CCc1cn(C)nc1C(C)C. The molecule has 0 saturated heterocycles. The van der Waals surface area contributed by atoms with Gasteiger partial charge in [0.05, 0.1) is 5.69 Å². The monoisotopic (exact) mass is 152 g/mol. The van der Waals surface area contributed by atoms with Gasteiger partial charge < -0.3 is 0 Å². The van der Waals surface area contributed by atoms with E-state index < -0.39 is 0 Å². The van der Waals surface area contributed by atoms with Crippen molar-refractivity contribution < 1.29 is 0 Å². The van der Waals surface area contributed by atoms with Crippen molar-refractivity contribution in [2.75, 3.05) is 0 Å². The van der Waals surface area contributed by atoms with Crippen molar-refractivity contribution in [3.8, 4) is 0 Å². The van der Waals surface area contributed by atoms with Gasteiger partial charge in [0.15, 0.2) is 0 Å². The van der Waals surface area contributed by atoms with Gasteiger partial charge in [0.2, 0.25) is 0 Å². The fourth-order valence-corrected chi connectivity index (χ4v) is 1.31. The maximum atomic E-state index is 4.40. The van der Waals surface area contributed by atoms with Gasteiger partial charge >= 0.3 is 0 Å². The third kappa shape index (κ3) is 1.62. The Kier molecular flexibility index (Phi) is 2.32. The molecule has 0 aliphatic heterocycles.